The van der Waals surface area contributed by atoms with E-state index >= 15 is 0 Å². The number of fused-ring (bicyclic) bond motifs is 1. The van der Waals surface area contributed by atoms with Crippen molar-refractivity contribution in [1.82, 2.24) is 0 Å². The van der Waals surface area contributed by atoms with Gasteiger partial charge in [-0.05, 0) is 13.0 Å². The fraction of sp³-hybridized carbons (Fsp3) is 0.250. The minimum absolute atomic E-state index is 0.0164. The third-order valence-electron chi connectivity index (χ3n) is 2.85. The van der Waals surface area contributed by atoms with Crippen LogP contribution < -0.4 is 4.90 Å². The van der Waals surface area contributed by atoms with Crippen LogP contribution in [0.3, 0.4) is 0 Å². The van der Waals surface area contributed by atoms with Crippen LogP contribution in [-0.4, -0.2) is 28.9 Å². The molecule has 0 saturated carbocycles. The van der Waals surface area contributed by atoms with Gasteiger partial charge < -0.3 is 4.90 Å². The van der Waals surface area contributed by atoms with Gasteiger partial charge in [0.15, 0.2) is 0 Å². The average molecular weight is 262 g/mol. The van der Waals surface area contributed by atoms with Gasteiger partial charge >= 0.3 is 0 Å². The fourth-order valence-electron chi connectivity index (χ4n) is 1.89. The van der Waals surface area contributed by atoms with Crippen LogP contribution in [0, 0.1) is 10.1 Å². The van der Waals surface area contributed by atoms with E-state index in [-0.39, 0.29) is 30.0 Å². The Balaban J connectivity index is 2.38. The van der Waals surface area contributed by atoms with Gasteiger partial charge in [0.05, 0.1) is 16.2 Å². The molecule has 1 aromatic rings. The molecule has 19 heavy (non-hydrogen) atoms. The molecule has 0 saturated heterocycles. The number of Topliss-reactive ketones (excluding diaryl/α,β-unsaturated/α-hetero) is 2. The summed E-state index contributed by atoms with van der Waals surface area (Å²) in [5.41, 5.74) is 0.0953. The van der Waals surface area contributed by atoms with Crippen molar-refractivity contribution >= 4 is 28.8 Å². The molecular weight excluding hydrogens is 252 g/mol. The molecule has 1 amide bonds. The van der Waals surface area contributed by atoms with Crippen molar-refractivity contribution in [2.45, 2.75) is 13.3 Å². The zero-order valence-electron chi connectivity index (χ0n) is 10.1. The molecule has 0 aromatic heterocycles. The molecular formula is C12H10N2O5. The number of benzene rings is 1. The quantitative estimate of drug-likeness (QED) is 0.459. The smallest absolute Gasteiger partial charge is 0.299 e. The molecule has 0 fully saturated rings. The number of hydrogen-bond donors (Lipinski definition) is 0. The lowest BCUT2D eigenvalue weighted by Crippen LogP contribution is -2.31. The number of ketones is 2. The van der Waals surface area contributed by atoms with Crippen LogP contribution >= 0.6 is 0 Å². The summed E-state index contributed by atoms with van der Waals surface area (Å²) in [6, 6.07) is 3.67. The highest BCUT2D eigenvalue weighted by molar-refractivity contribution is 6.52. The molecule has 98 valence electrons. The van der Waals surface area contributed by atoms with Crippen LogP contribution in [0.15, 0.2) is 18.2 Å². The van der Waals surface area contributed by atoms with E-state index in [2.05, 4.69) is 0 Å². The second-order valence-corrected chi connectivity index (χ2v) is 4.20. The Hall–Kier alpha value is -2.57. The van der Waals surface area contributed by atoms with Gasteiger partial charge in [-0.25, -0.2) is 0 Å². The molecule has 1 aromatic carbocycles. The van der Waals surface area contributed by atoms with Crippen LogP contribution in [0.25, 0.3) is 0 Å². The van der Waals surface area contributed by atoms with E-state index < -0.39 is 16.6 Å². The Morgan fingerprint density at radius 3 is 2.63 bits per heavy atom. The number of rotatable bonds is 4. The van der Waals surface area contributed by atoms with Gasteiger partial charge in [-0.2, -0.15) is 0 Å². The van der Waals surface area contributed by atoms with Crippen LogP contribution in [0.2, 0.25) is 0 Å². The lowest BCUT2D eigenvalue weighted by molar-refractivity contribution is -0.384. The van der Waals surface area contributed by atoms with E-state index in [1.807, 2.05) is 0 Å². The van der Waals surface area contributed by atoms with Gasteiger partial charge in [0, 0.05) is 25.1 Å². The third kappa shape index (κ3) is 2.22. The maximum absolute atomic E-state index is 11.8. The van der Waals surface area contributed by atoms with Gasteiger partial charge in [0.25, 0.3) is 17.4 Å². The number of nitro benzene ring substituents is 1. The van der Waals surface area contributed by atoms with Crippen molar-refractivity contribution in [3.63, 3.8) is 0 Å². The SMILES string of the molecule is CC(=O)CCN1C(=O)C(=O)c2cc([N+](=O)[O-])ccc21. The first-order valence-electron chi connectivity index (χ1n) is 5.56. The third-order valence-corrected chi connectivity index (χ3v) is 2.85. The van der Waals surface area contributed by atoms with E-state index in [1.165, 1.54) is 24.0 Å². The van der Waals surface area contributed by atoms with E-state index in [9.17, 15) is 24.5 Å². The largest absolute Gasteiger partial charge is 0.304 e. The predicted molar refractivity (Wildman–Crippen MR) is 65.1 cm³/mol. The monoisotopic (exact) mass is 262 g/mol. The van der Waals surface area contributed by atoms with E-state index in [0.29, 0.717) is 5.69 Å². The lowest BCUT2D eigenvalue weighted by Gasteiger charge is -2.14. The second kappa shape index (κ2) is 4.60. The maximum atomic E-state index is 11.8. The highest BCUT2D eigenvalue weighted by Crippen LogP contribution is 2.31. The number of nitro groups is 1. The summed E-state index contributed by atoms with van der Waals surface area (Å²) in [5.74, 6) is -1.63. The number of anilines is 1. The van der Waals surface area contributed by atoms with Crippen LogP contribution in [-0.2, 0) is 9.59 Å². The van der Waals surface area contributed by atoms with Crippen molar-refractivity contribution in [3.05, 3.63) is 33.9 Å². The average Bonchev–Trinajstić information content (AvgIpc) is 2.59. The van der Waals surface area contributed by atoms with Crippen molar-refractivity contribution < 1.29 is 19.3 Å². The van der Waals surface area contributed by atoms with Crippen molar-refractivity contribution in [2.75, 3.05) is 11.4 Å². The summed E-state index contributed by atoms with van der Waals surface area (Å²) >= 11 is 0. The normalized spacial score (nSPS) is 13.6. The molecule has 0 spiro atoms. The summed E-state index contributed by atoms with van der Waals surface area (Å²) in [7, 11) is 0. The van der Waals surface area contributed by atoms with Gasteiger partial charge in [-0.15, -0.1) is 0 Å². The van der Waals surface area contributed by atoms with Crippen molar-refractivity contribution in [3.8, 4) is 0 Å². The molecule has 1 aliphatic rings. The molecule has 0 unspecified atom stereocenters. The number of non-ortho nitro benzene ring substituents is 1. The molecule has 0 bridgehead atoms. The highest BCUT2D eigenvalue weighted by atomic mass is 16.6. The van der Waals surface area contributed by atoms with Gasteiger partial charge in [-0.1, -0.05) is 0 Å². The number of carbonyl (C=O) groups is 3. The zero-order valence-corrected chi connectivity index (χ0v) is 10.1. The second-order valence-electron chi connectivity index (χ2n) is 4.20. The Morgan fingerprint density at radius 2 is 2.05 bits per heavy atom. The molecule has 0 atom stereocenters. The molecule has 0 radical (unpaired) electrons. The maximum Gasteiger partial charge on any atom is 0.299 e. The van der Waals surface area contributed by atoms with Crippen LogP contribution in [0.4, 0.5) is 11.4 Å². The number of amides is 1. The highest BCUT2D eigenvalue weighted by Gasteiger charge is 2.36. The van der Waals surface area contributed by atoms with Crippen molar-refractivity contribution in [1.29, 1.82) is 0 Å². The number of nitrogens with zero attached hydrogens (tertiary/aromatic N) is 2. The Bertz CT molecular complexity index is 608. The molecule has 7 nitrogen and oxygen atoms in total. The van der Waals surface area contributed by atoms with E-state index in [1.54, 1.807) is 0 Å². The van der Waals surface area contributed by atoms with Gasteiger partial charge in [-0.3, -0.25) is 24.5 Å². The first-order chi connectivity index (χ1) is 8.91. The zero-order chi connectivity index (χ0) is 14.2. The standard InChI is InChI=1S/C12H10N2O5/c1-7(15)4-5-13-10-3-2-8(14(18)19)6-9(10)11(16)12(13)17/h2-3,6H,4-5H2,1H3. The minimum Gasteiger partial charge on any atom is -0.304 e. The lowest BCUT2D eigenvalue weighted by atomic mass is 10.1. The number of hydrogen-bond acceptors (Lipinski definition) is 5. The molecule has 1 heterocycles. The summed E-state index contributed by atoms with van der Waals surface area (Å²) in [5, 5.41) is 10.6. The molecule has 1 aliphatic heterocycles. The van der Waals surface area contributed by atoms with Gasteiger partial charge in [0.2, 0.25) is 0 Å². The Morgan fingerprint density at radius 1 is 1.37 bits per heavy atom. The summed E-state index contributed by atoms with van der Waals surface area (Å²) in [6.07, 6.45) is 0.134. The topological polar surface area (TPSA) is 97.6 Å². The fourth-order valence-corrected chi connectivity index (χ4v) is 1.89. The first kappa shape index (κ1) is 12.9. The predicted octanol–water partition coefficient (Wildman–Crippen LogP) is 1.10. The van der Waals surface area contributed by atoms with Gasteiger partial charge in [0.1, 0.15) is 5.78 Å². The summed E-state index contributed by atoms with van der Waals surface area (Å²) < 4.78 is 0. The molecule has 7 heteroatoms. The van der Waals surface area contributed by atoms with Crippen molar-refractivity contribution in [2.24, 2.45) is 0 Å². The molecule has 0 aliphatic carbocycles. The van der Waals surface area contributed by atoms with Crippen LogP contribution in [0.1, 0.15) is 23.7 Å². The molecule has 0 N–H and O–H groups in total. The Labute approximate surface area is 108 Å². The summed E-state index contributed by atoms with van der Waals surface area (Å²) in [6.45, 7) is 1.49. The van der Waals surface area contributed by atoms with E-state index in [4.69, 9.17) is 0 Å². The minimum atomic E-state index is -0.776. The Kier molecular flexibility index (Phi) is 3.12. The molecule has 2 rings (SSSR count). The first-order valence-corrected chi connectivity index (χ1v) is 5.56. The van der Waals surface area contributed by atoms with Crippen LogP contribution in [0.5, 0.6) is 0 Å². The number of carbonyl (C=O) groups excluding carboxylic acids is 3. The van der Waals surface area contributed by atoms with E-state index in [0.717, 1.165) is 6.07 Å². The summed E-state index contributed by atoms with van der Waals surface area (Å²) in [4.78, 5) is 45.6.